The van der Waals surface area contributed by atoms with Crippen LogP contribution < -0.4 is 0 Å². The Kier molecular flexibility index (Phi) is 6.36. The minimum atomic E-state index is -0.583. The largest absolute Gasteiger partial charge is 0.504 e. The number of phenols is 2. The highest BCUT2D eigenvalue weighted by atomic mass is 16.8. The van der Waals surface area contributed by atoms with Crippen LogP contribution >= 0.6 is 0 Å². The maximum atomic E-state index is 12.7. The number of benzene rings is 1. The van der Waals surface area contributed by atoms with Crippen LogP contribution in [0.2, 0.25) is 0 Å². The molecule has 1 aliphatic heterocycles. The van der Waals surface area contributed by atoms with Gasteiger partial charge in [-0.1, -0.05) is 12.1 Å². The molecule has 24 heavy (non-hydrogen) atoms. The number of ketones is 1. The van der Waals surface area contributed by atoms with E-state index >= 15 is 0 Å². The lowest BCUT2D eigenvalue weighted by atomic mass is 9.85. The van der Waals surface area contributed by atoms with E-state index in [2.05, 4.69) is 0 Å². The Balaban J connectivity index is 2.06. The van der Waals surface area contributed by atoms with Crippen molar-refractivity contribution in [3.63, 3.8) is 0 Å². The van der Waals surface area contributed by atoms with Crippen molar-refractivity contribution in [2.45, 2.75) is 38.8 Å². The number of phenolic OH excluding ortho intramolecular Hbond substituents is 2. The number of aromatic hydroxyl groups is 2. The number of rotatable bonds is 6. The van der Waals surface area contributed by atoms with E-state index in [4.69, 9.17) is 14.2 Å². The fourth-order valence-electron chi connectivity index (χ4n) is 2.93. The van der Waals surface area contributed by atoms with Gasteiger partial charge in [0.1, 0.15) is 5.78 Å². The highest BCUT2D eigenvalue weighted by Crippen LogP contribution is 2.33. The number of hydrogen-bond donors (Lipinski definition) is 2. The minimum Gasteiger partial charge on any atom is -0.504 e. The number of carbonyl (C=O) groups excluding carboxylic acids is 1. The van der Waals surface area contributed by atoms with E-state index in [1.807, 2.05) is 13.0 Å². The number of allylic oxidation sites excluding steroid dienone is 1. The van der Waals surface area contributed by atoms with Crippen molar-refractivity contribution in [3.05, 3.63) is 35.4 Å². The summed E-state index contributed by atoms with van der Waals surface area (Å²) < 4.78 is 16.2. The van der Waals surface area contributed by atoms with Gasteiger partial charge < -0.3 is 24.4 Å². The van der Waals surface area contributed by atoms with E-state index < -0.39 is 12.6 Å². The first kappa shape index (κ1) is 18.4. The van der Waals surface area contributed by atoms with Gasteiger partial charge in [0.15, 0.2) is 24.1 Å². The molecule has 132 valence electrons. The molecule has 2 rings (SSSR count). The van der Waals surface area contributed by atoms with Crippen molar-refractivity contribution < 1.29 is 29.2 Å². The Morgan fingerprint density at radius 2 is 2.04 bits per heavy atom. The molecule has 0 aliphatic carbocycles. The van der Waals surface area contributed by atoms with E-state index in [1.54, 1.807) is 13.2 Å². The smallest absolute Gasteiger partial charge is 0.183 e. The second kappa shape index (κ2) is 8.28. The molecule has 1 fully saturated rings. The van der Waals surface area contributed by atoms with E-state index in [9.17, 15) is 15.0 Å². The van der Waals surface area contributed by atoms with Crippen LogP contribution in [-0.2, 0) is 25.4 Å². The maximum Gasteiger partial charge on any atom is 0.183 e. The van der Waals surface area contributed by atoms with Crippen molar-refractivity contribution in [3.8, 4) is 11.5 Å². The minimum absolute atomic E-state index is 0.0723. The SMILES string of the molecule is C/C=C1/[C@@H](OC)O[C@@H](OC)C[C@@H]1C(=O)CCc1ccc(O)c(O)c1. The molecule has 1 aromatic rings. The Bertz CT molecular complexity index is 610. The average Bonchev–Trinajstić information content (AvgIpc) is 2.60. The first-order valence-corrected chi connectivity index (χ1v) is 7.90. The van der Waals surface area contributed by atoms with Gasteiger partial charge in [-0.3, -0.25) is 4.79 Å². The topological polar surface area (TPSA) is 85.2 Å². The standard InChI is InChI=1S/C18H24O6/c1-4-12-13(10-17(22-2)24-18(12)23-3)14(19)7-5-11-6-8-15(20)16(21)9-11/h4,6,8-9,13,17-18,20-21H,5,7,10H2,1-3H3/b12-4+/t13-,17+,18-/m0/s1. The monoisotopic (exact) mass is 336 g/mol. The Morgan fingerprint density at radius 3 is 2.62 bits per heavy atom. The number of methoxy groups -OCH3 is 2. The van der Waals surface area contributed by atoms with Gasteiger partial charge in [-0.2, -0.15) is 0 Å². The molecule has 1 aromatic carbocycles. The van der Waals surface area contributed by atoms with Gasteiger partial charge in [0.2, 0.25) is 0 Å². The molecule has 0 spiro atoms. The quantitative estimate of drug-likeness (QED) is 0.613. The fourth-order valence-corrected chi connectivity index (χ4v) is 2.93. The molecule has 1 heterocycles. The molecule has 6 nitrogen and oxygen atoms in total. The molecule has 0 unspecified atom stereocenters. The first-order valence-electron chi connectivity index (χ1n) is 7.90. The molecule has 0 radical (unpaired) electrons. The lowest BCUT2D eigenvalue weighted by Gasteiger charge is -2.35. The van der Waals surface area contributed by atoms with Crippen LogP contribution in [0, 0.1) is 5.92 Å². The molecule has 1 saturated heterocycles. The van der Waals surface area contributed by atoms with Crippen LogP contribution in [0.25, 0.3) is 0 Å². The third kappa shape index (κ3) is 4.14. The van der Waals surface area contributed by atoms with Crippen LogP contribution in [0.3, 0.4) is 0 Å². The summed E-state index contributed by atoms with van der Waals surface area (Å²) in [5, 5.41) is 18.9. The van der Waals surface area contributed by atoms with Gasteiger partial charge in [-0.05, 0) is 36.6 Å². The van der Waals surface area contributed by atoms with E-state index in [-0.39, 0.29) is 23.2 Å². The van der Waals surface area contributed by atoms with Crippen molar-refractivity contribution in [2.75, 3.05) is 14.2 Å². The van der Waals surface area contributed by atoms with Crippen LogP contribution in [0.4, 0.5) is 0 Å². The normalized spacial score (nSPS) is 25.8. The number of carbonyl (C=O) groups is 1. The van der Waals surface area contributed by atoms with Crippen molar-refractivity contribution in [1.29, 1.82) is 0 Å². The second-order valence-corrected chi connectivity index (χ2v) is 5.74. The first-order chi connectivity index (χ1) is 11.5. The number of Topliss-reactive ketones (excluding diaryl/α,β-unsaturated/α-hetero) is 1. The van der Waals surface area contributed by atoms with Gasteiger partial charge >= 0.3 is 0 Å². The van der Waals surface area contributed by atoms with Crippen molar-refractivity contribution in [1.82, 2.24) is 0 Å². The molecule has 1 aliphatic rings. The lowest BCUT2D eigenvalue weighted by Crippen LogP contribution is -2.40. The summed E-state index contributed by atoms with van der Waals surface area (Å²) in [6.07, 6.45) is 2.05. The zero-order valence-electron chi connectivity index (χ0n) is 14.2. The predicted molar refractivity (Wildman–Crippen MR) is 87.6 cm³/mol. The number of ether oxygens (including phenoxy) is 3. The molecule has 3 atom stereocenters. The van der Waals surface area contributed by atoms with Gasteiger partial charge in [0.05, 0.1) is 0 Å². The fraction of sp³-hybridized carbons (Fsp3) is 0.500. The zero-order chi connectivity index (χ0) is 17.7. The molecule has 6 heteroatoms. The predicted octanol–water partition coefficient (Wildman–Crippen LogP) is 2.53. The number of hydrogen-bond acceptors (Lipinski definition) is 6. The summed E-state index contributed by atoms with van der Waals surface area (Å²) in [4.78, 5) is 12.7. The zero-order valence-corrected chi connectivity index (χ0v) is 14.2. The lowest BCUT2D eigenvalue weighted by molar-refractivity contribution is -0.237. The van der Waals surface area contributed by atoms with E-state index in [0.717, 1.165) is 11.1 Å². The van der Waals surface area contributed by atoms with E-state index in [1.165, 1.54) is 19.2 Å². The number of aryl methyl sites for hydroxylation is 1. The maximum absolute atomic E-state index is 12.7. The van der Waals surface area contributed by atoms with Crippen LogP contribution in [0.5, 0.6) is 11.5 Å². The van der Waals surface area contributed by atoms with Gasteiger partial charge in [-0.15, -0.1) is 0 Å². The van der Waals surface area contributed by atoms with E-state index in [0.29, 0.717) is 19.3 Å². The molecule has 0 amide bonds. The summed E-state index contributed by atoms with van der Waals surface area (Å²) in [7, 11) is 3.08. The molecular weight excluding hydrogens is 312 g/mol. The van der Waals surface area contributed by atoms with Gasteiger partial charge in [0.25, 0.3) is 0 Å². The Labute approximate surface area is 141 Å². The van der Waals surface area contributed by atoms with Crippen LogP contribution in [-0.4, -0.2) is 42.8 Å². The Morgan fingerprint density at radius 1 is 1.29 bits per heavy atom. The molecule has 0 saturated carbocycles. The molecule has 0 bridgehead atoms. The second-order valence-electron chi connectivity index (χ2n) is 5.74. The summed E-state index contributed by atoms with van der Waals surface area (Å²) >= 11 is 0. The summed E-state index contributed by atoms with van der Waals surface area (Å²) in [5.41, 5.74) is 1.60. The average molecular weight is 336 g/mol. The van der Waals surface area contributed by atoms with Gasteiger partial charge in [0, 0.05) is 33.0 Å². The highest BCUT2D eigenvalue weighted by molar-refractivity contribution is 5.84. The highest BCUT2D eigenvalue weighted by Gasteiger charge is 2.37. The van der Waals surface area contributed by atoms with Crippen LogP contribution in [0.15, 0.2) is 29.8 Å². The third-order valence-electron chi connectivity index (χ3n) is 4.28. The summed E-state index contributed by atoms with van der Waals surface area (Å²) in [5.74, 6) is -0.594. The third-order valence-corrected chi connectivity index (χ3v) is 4.28. The van der Waals surface area contributed by atoms with Crippen molar-refractivity contribution >= 4 is 5.78 Å². The van der Waals surface area contributed by atoms with Gasteiger partial charge in [-0.25, -0.2) is 0 Å². The van der Waals surface area contributed by atoms with Crippen molar-refractivity contribution in [2.24, 2.45) is 5.92 Å². The summed E-state index contributed by atoms with van der Waals surface area (Å²) in [6.45, 7) is 1.86. The molecular formula is C18H24O6. The Hall–Kier alpha value is -1.89. The van der Waals surface area contributed by atoms with Crippen LogP contribution in [0.1, 0.15) is 25.3 Å². The molecule has 0 aromatic heterocycles. The summed E-state index contributed by atoms with van der Waals surface area (Å²) in [6, 6.07) is 4.58. The molecule has 2 N–H and O–H groups in total.